The second kappa shape index (κ2) is 6.26. The van der Waals surface area contributed by atoms with E-state index in [9.17, 15) is 14.7 Å². The maximum Gasteiger partial charge on any atom is 0.326 e. The molecule has 0 aliphatic heterocycles. The van der Waals surface area contributed by atoms with Crippen LogP contribution in [0.5, 0.6) is 5.75 Å². The van der Waals surface area contributed by atoms with E-state index < -0.39 is 23.3 Å². The van der Waals surface area contributed by atoms with Crippen molar-refractivity contribution >= 4 is 27.8 Å². The molecule has 1 atom stereocenters. The summed E-state index contributed by atoms with van der Waals surface area (Å²) in [6, 6.07) is 3.86. The van der Waals surface area contributed by atoms with Crippen LogP contribution in [0, 0.1) is 5.41 Å². The van der Waals surface area contributed by atoms with Crippen molar-refractivity contribution in [3.8, 4) is 5.75 Å². The van der Waals surface area contributed by atoms with Gasteiger partial charge in [-0.05, 0) is 39.5 Å². The van der Waals surface area contributed by atoms with Gasteiger partial charge in [-0.1, -0.05) is 20.8 Å². The zero-order valence-electron chi connectivity index (χ0n) is 11.9. The highest BCUT2D eigenvalue weighted by molar-refractivity contribution is 9.10. The number of amides is 1. The minimum Gasteiger partial charge on any atom is -0.496 e. The summed E-state index contributed by atoms with van der Waals surface area (Å²) >= 11 is 3.29. The second-order valence-electron chi connectivity index (χ2n) is 5.46. The molecule has 0 heterocycles. The van der Waals surface area contributed by atoms with Gasteiger partial charge in [-0.25, -0.2) is 4.79 Å². The molecule has 0 radical (unpaired) electrons. The minimum absolute atomic E-state index is 0.369. The number of halogens is 1. The molecule has 2 N–H and O–H groups in total. The first-order valence-electron chi connectivity index (χ1n) is 6.04. The number of hydrogen-bond acceptors (Lipinski definition) is 3. The van der Waals surface area contributed by atoms with Crippen LogP contribution in [-0.2, 0) is 4.79 Å². The maximum atomic E-state index is 12.1. The SMILES string of the molecule is COc1ccc(C(=O)N[C@@H](C(=O)O)C(C)(C)C)cc1Br. The van der Waals surface area contributed by atoms with Crippen molar-refractivity contribution in [3.05, 3.63) is 28.2 Å². The van der Waals surface area contributed by atoms with E-state index in [1.165, 1.54) is 7.11 Å². The Morgan fingerprint density at radius 3 is 2.35 bits per heavy atom. The van der Waals surface area contributed by atoms with Gasteiger partial charge >= 0.3 is 5.97 Å². The molecule has 0 spiro atoms. The van der Waals surface area contributed by atoms with Gasteiger partial charge in [-0.2, -0.15) is 0 Å². The number of ether oxygens (including phenoxy) is 1. The van der Waals surface area contributed by atoms with Crippen molar-refractivity contribution in [2.75, 3.05) is 7.11 Å². The lowest BCUT2D eigenvalue weighted by molar-refractivity contribution is -0.142. The second-order valence-corrected chi connectivity index (χ2v) is 6.31. The molecule has 0 fully saturated rings. The molecular formula is C14H18BrNO4. The zero-order chi connectivity index (χ0) is 15.5. The molecule has 1 aromatic rings. The van der Waals surface area contributed by atoms with Gasteiger partial charge in [0, 0.05) is 5.56 Å². The molecule has 0 saturated heterocycles. The lowest BCUT2D eigenvalue weighted by Crippen LogP contribution is -2.49. The average molecular weight is 344 g/mol. The summed E-state index contributed by atoms with van der Waals surface area (Å²) < 4.78 is 5.72. The summed E-state index contributed by atoms with van der Waals surface area (Å²) in [5.74, 6) is -0.888. The van der Waals surface area contributed by atoms with E-state index in [-0.39, 0.29) is 0 Å². The van der Waals surface area contributed by atoms with E-state index in [4.69, 9.17) is 4.74 Å². The first kappa shape index (κ1) is 16.5. The average Bonchev–Trinajstić information content (AvgIpc) is 2.33. The number of carboxylic acid groups (broad SMARTS) is 1. The summed E-state index contributed by atoms with van der Waals surface area (Å²) in [5.41, 5.74) is -0.209. The van der Waals surface area contributed by atoms with Crippen LogP contribution in [0.3, 0.4) is 0 Å². The fourth-order valence-electron chi connectivity index (χ4n) is 1.67. The molecule has 0 saturated carbocycles. The summed E-state index contributed by atoms with van der Waals surface area (Å²) in [5, 5.41) is 11.7. The molecule has 20 heavy (non-hydrogen) atoms. The van der Waals surface area contributed by atoms with Crippen molar-refractivity contribution in [1.29, 1.82) is 0 Å². The molecular weight excluding hydrogens is 326 g/mol. The summed E-state index contributed by atoms with van der Waals surface area (Å²) in [6.45, 7) is 5.28. The number of nitrogens with one attached hydrogen (secondary N) is 1. The predicted octanol–water partition coefficient (Wildman–Crippen LogP) is 2.69. The van der Waals surface area contributed by atoms with Gasteiger partial charge in [0.05, 0.1) is 11.6 Å². The summed E-state index contributed by atoms with van der Waals surface area (Å²) in [4.78, 5) is 23.4. The Hall–Kier alpha value is -1.56. The van der Waals surface area contributed by atoms with Crippen molar-refractivity contribution in [3.63, 3.8) is 0 Å². The van der Waals surface area contributed by atoms with Crippen LogP contribution in [0.4, 0.5) is 0 Å². The normalized spacial score (nSPS) is 12.7. The molecule has 1 amide bonds. The van der Waals surface area contributed by atoms with Crippen LogP contribution < -0.4 is 10.1 Å². The lowest BCUT2D eigenvalue weighted by atomic mass is 9.86. The molecule has 0 bridgehead atoms. The van der Waals surface area contributed by atoms with Crippen molar-refractivity contribution < 1.29 is 19.4 Å². The first-order valence-corrected chi connectivity index (χ1v) is 6.83. The Kier molecular flexibility index (Phi) is 5.16. The Labute approximate surface area is 126 Å². The fourth-order valence-corrected chi connectivity index (χ4v) is 2.21. The first-order chi connectivity index (χ1) is 9.16. The van der Waals surface area contributed by atoms with E-state index in [0.29, 0.717) is 15.8 Å². The summed E-state index contributed by atoms with van der Waals surface area (Å²) in [7, 11) is 1.53. The Morgan fingerprint density at radius 2 is 1.95 bits per heavy atom. The van der Waals surface area contributed by atoms with E-state index in [0.717, 1.165) is 0 Å². The number of carbonyl (C=O) groups is 2. The number of rotatable bonds is 4. The number of carbonyl (C=O) groups excluding carboxylic acids is 1. The topological polar surface area (TPSA) is 75.6 Å². The highest BCUT2D eigenvalue weighted by atomic mass is 79.9. The monoisotopic (exact) mass is 343 g/mol. The highest BCUT2D eigenvalue weighted by Crippen LogP contribution is 2.26. The van der Waals surface area contributed by atoms with Crippen molar-refractivity contribution in [2.45, 2.75) is 26.8 Å². The van der Waals surface area contributed by atoms with Crippen LogP contribution in [0.25, 0.3) is 0 Å². The van der Waals surface area contributed by atoms with Gasteiger partial charge in [0.2, 0.25) is 0 Å². The number of methoxy groups -OCH3 is 1. The Morgan fingerprint density at radius 1 is 1.35 bits per heavy atom. The largest absolute Gasteiger partial charge is 0.496 e. The molecule has 5 nitrogen and oxygen atoms in total. The van der Waals surface area contributed by atoms with Crippen LogP contribution in [0.15, 0.2) is 22.7 Å². The van der Waals surface area contributed by atoms with Crippen LogP contribution >= 0.6 is 15.9 Å². The van der Waals surface area contributed by atoms with Gasteiger partial charge in [0.1, 0.15) is 11.8 Å². The van der Waals surface area contributed by atoms with Gasteiger partial charge in [-0.3, -0.25) is 4.79 Å². The molecule has 0 unspecified atom stereocenters. The minimum atomic E-state index is -1.06. The van der Waals surface area contributed by atoms with Gasteiger partial charge in [0.15, 0.2) is 0 Å². The Balaban J connectivity index is 2.95. The molecule has 0 aliphatic rings. The number of hydrogen-bond donors (Lipinski definition) is 2. The maximum absolute atomic E-state index is 12.1. The molecule has 1 aromatic carbocycles. The predicted molar refractivity (Wildman–Crippen MR) is 79.0 cm³/mol. The molecule has 0 aliphatic carbocycles. The smallest absolute Gasteiger partial charge is 0.326 e. The van der Waals surface area contributed by atoms with E-state index in [1.54, 1.807) is 39.0 Å². The van der Waals surface area contributed by atoms with Gasteiger partial charge in [-0.15, -0.1) is 0 Å². The number of benzene rings is 1. The van der Waals surface area contributed by atoms with E-state index >= 15 is 0 Å². The number of carboxylic acids is 1. The standard InChI is InChI=1S/C14H18BrNO4/c1-14(2,3)11(13(18)19)16-12(17)8-5-6-10(20-4)9(15)7-8/h5-7,11H,1-4H3,(H,16,17)(H,18,19)/t11-/m0/s1. The Bertz CT molecular complexity index is 522. The van der Waals surface area contributed by atoms with Gasteiger partial charge < -0.3 is 15.2 Å². The molecule has 110 valence electrons. The third-order valence-corrected chi connectivity index (χ3v) is 3.42. The van der Waals surface area contributed by atoms with Crippen LogP contribution in [0.1, 0.15) is 31.1 Å². The van der Waals surface area contributed by atoms with Crippen molar-refractivity contribution in [2.24, 2.45) is 5.41 Å². The molecule has 6 heteroatoms. The summed E-state index contributed by atoms with van der Waals surface area (Å²) in [6.07, 6.45) is 0. The van der Waals surface area contributed by atoms with E-state index in [2.05, 4.69) is 21.2 Å². The quantitative estimate of drug-likeness (QED) is 0.881. The zero-order valence-corrected chi connectivity index (χ0v) is 13.4. The molecule has 1 rings (SSSR count). The third-order valence-electron chi connectivity index (χ3n) is 2.80. The molecule has 0 aromatic heterocycles. The van der Waals surface area contributed by atoms with Crippen LogP contribution in [0.2, 0.25) is 0 Å². The third kappa shape index (κ3) is 3.96. The van der Waals surface area contributed by atoms with Crippen molar-refractivity contribution in [1.82, 2.24) is 5.32 Å². The van der Waals surface area contributed by atoms with Crippen LogP contribution in [-0.4, -0.2) is 30.1 Å². The van der Waals surface area contributed by atoms with E-state index in [1.807, 2.05) is 0 Å². The number of aliphatic carboxylic acids is 1. The fraction of sp³-hybridized carbons (Fsp3) is 0.429. The van der Waals surface area contributed by atoms with Gasteiger partial charge in [0.25, 0.3) is 5.91 Å². The highest BCUT2D eigenvalue weighted by Gasteiger charge is 2.32. The lowest BCUT2D eigenvalue weighted by Gasteiger charge is -2.27.